The van der Waals surface area contributed by atoms with Crippen molar-refractivity contribution < 1.29 is 32.6 Å². The molecule has 0 bridgehead atoms. The maximum absolute atomic E-state index is 14.1. The second-order valence-electron chi connectivity index (χ2n) is 7.95. The van der Waals surface area contributed by atoms with Crippen molar-refractivity contribution in [1.29, 1.82) is 0 Å². The molecule has 192 valence electrons. The number of benzene rings is 1. The van der Waals surface area contributed by atoms with Crippen molar-refractivity contribution in [3.8, 4) is 5.88 Å². The third-order valence-electron chi connectivity index (χ3n) is 5.54. The number of primary amides is 1. The normalized spacial score (nSPS) is 15.6. The topological polar surface area (TPSA) is 130 Å². The second kappa shape index (κ2) is 11.9. The Hall–Kier alpha value is -2.61. The van der Waals surface area contributed by atoms with E-state index in [1.54, 1.807) is 0 Å². The lowest BCUT2D eigenvalue weighted by Crippen LogP contribution is -2.50. The lowest BCUT2D eigenvalue weighted by Gasteiger charge is -2.29. The summed E-state index contributed by atoms with van der Waals surface area (Å²) < 4.78 is 50.9. The van der Waals surface area contributed by atoms with Gasteiger partial charge in [0.05, 0.1) is 22.9 Å². The quantitative estimate of drug-likeness (QED) is 0.272. The Bertz CT molecular complexity index is 1080. The molecule has 3 amide bonds. The molecule has 2 heterocycles. The number of aliphatic hydroxyl groups is 1. The van der Waals surface area contributed by atoms with Gasteiger partial charge in [0.25, 0.3) is 5.91 Å². The lowest BCUT2D eigenvalue weighted by atomic mass is 10.1. The van der Waals surface area contributed by atoms with Gasteiger partial charge in [-0.25, -0.2) is 18.0 Å². The van der Waals surface area contributed by atoms with E-state index in [2.05, 4.69) is 15.0 Å². The Kier molecular flexibility index (Phi) is 9.16. The van der Waals surface area contributed by atoms with Crippen LogP contribution in [0.2, 0.25) is 5.02 Å². The smallest absolute Gasteiger partial charge is 0.321 e. The van der Waals surface area contributed by atoms with E-state index in [4.69, 9.17) is 22.1 Å². The molecular formula is C21H25ClF3N5O4S. The molecule has 0 radical (unpaired) electrons. The summed E-state index contributed by atoms with van der Waals surface area (Å²) in [6.07, 6.45) is 1.75. The summed E-state index contributed by atoms with van der Waals surface area (Å²) >= 11 is 6.08. The van der Waals surface area contributed by atoms with E-state index in [0.29, 0.717) is 30.4 Å². The SMILES string of the molecule is CCC(O)CC(NC(=O)Nc1snc(OCc2c(F)cc(Cl)c(F)c2F)c1C(N)=O)N1CCCC1. The van der Waals surface area contributed by atoms with Gasteiger partial charge in [-0.05, 0) is 36.9 Å². The Labute approximate surface area is 208 Å². The summed E-state index contributed by atoms with van der Waals surface area (Å²) in [4.78, 5) is 26.7. The number of nitrogens with zero attached hydrogens (tertiary/aromatic N) is 2. The minimum atomic E-state index is -1.54. The van der Waals surface area contributed by atoms with Gasteiger partial charge >= 0.3 is 6.03 Å². The monoisotopic (exact) mass is 535 g/mol. The summed E-state index contributed by atoms with van der Waals surface area (Å²) in [7, 11) is 0. The number of aromatic nitrogens is 1. The summed E-state index contributed by atoms with van der Waals surface area (Å²) in [6.45, 7) is 2.56. The number of nitrogens with one attached hydrogen (secondary N) is 2. The first-order chi connectivity index (χ1) is 16.6. The summed E-state index contributed by atoms with van der Waals surface area (Å²) in [5.74, 6) is -5.52. The highest BCUT2D eigenvalue weighted by atomic mass is 35.5. The fourth-order valence-corrected chi connectivity index (χ4v) is 4.54. The molecule has 0 aliphatic carbocycles. The maximum Gasteiger partial charge on any atom is 0.321 e. The number of hydrogen-bond acceptors (Lipinski definition) is 7. The molecule has 2 atom stereocenters. The predicted molar refractivity (Wildman–Crippen MR) is 124 cm³/mol. The Balaban J connectivity index is 1.73. The van der Waals surface area contributed by atoms with Gasteiger partial charge in [-0.2, -0.15) is 4.37 Å². The minimum absolute atomic E-state index is 0.0514. The molecule has 2 aromatic rings. The molecule has 9 nitrogen and oxygen atoms in total. The van der Waals surface area contributed by atoms with Gasteiger partial charge in [0.2, 0.25) is 5.88 Å². The van der Waals surface area contributed by atoms with E-state index in [1.165, 1.54) is 0 Å². The van der Waals surface area contributed by atoms with Crippen LogP contribution in [-0.2, 0) is 6.61 Å². The molecule has 1 aromatic heterocycles. The van der Waals surface area contributed by atoms with Gasteiger partial charge in [0, 0.05) is 19.5 Å². The van der Waals surface area contributed by atoms with Gasteiger partial charge in [0.15, 0.2) is 11.6 Å². The van der Waals surface area contributed by atoms with Crippen LogP contribution in [0.3, 0.4) is 0 Å². The van der Waals surface area contributed by atoms with Crippen LogP contribution >= 0.6 is 23.1 Å². The van der Waals surface area contributed by atoms with Crippen molar-refractivity contribution in [3.05, 3.63) is 39.7 Å². The molecule has 0 saturated carbocycles. The van der Waals surface area contributed by atoms with Crippen LogP contribution in [-0.4, -0.2) is 51.7 Å². The van der Waals surface area contributed by atoms with Crippen LogP contribution in [0.15, 0.2) is 6.07 Å². The van der Waals surface area contributed by atoms with E-state index in [0.717, 1.165) is 25.9 Å². The Morgan fingerprint density at radius 2 is 2.00 bits per heavy atom. The van der Waals surface area contributed by atoms with Crippen molar-refractivity contribution >= 4 is 40.1 Å². The summed E-state index contributed by atoms with van der Waals surface area (Å²) in [6, 6.07) is -0.0714. The van der Waals surface area contributed by atoms with Gasteiger partial charge < -0.3 is 20.9 Å². The van der Waals surface area contributed by atoms with Crippen LogP contribution in [0.25, 0.3) is 0 Å². The highest BCUT2D eigenvalue weighted by molar-refractivity contribution is 7.11. The number of aliphatic hydroxyl groups excluding tert-OH is 1. The van der Waals surface area contributed by atoms with Crippen LogP contribution < -0.4 is 21.1 Å². The molecule has 1 aliphatic heterocycles. The van der Waals surface area contributed by atoms with E-state index in [1.807, 2.05) is 11.8 Å². The number of amides is 3. The number of urea groups is 1. The molecule has 35 heavy (non-hydrogen) atoms. The largest absolute Gasteiger partial charge is 0.471 e. The van der Waals surface area contributed by atoms with Crippen LogP contribution in [0, 0.1) is 17.5 Å². The number of hydrogen-bond donors (Lipinski definition) is 4. The average Bonchev–Trinajstić information content (AvgIpc) is 3.47. The first-order valence-electron chi connectivity index (χ1n) is 10.9. The molecule has 1 aliphatic rings. The van der Waals surface area contributed by atoms with Crippen LogP contribution in [0.5, 0.6) is 5.88 Å². The van der Waals surface area contributed by atoms with E-state index in [-0.39, 0.29) is 16.4 Å². The number of rotatable bonds is 10. The number of carbonyl (C=O) groups is 2. The average molecular weight is 536 g/mol. The molecule has 1 aromatic carbocycles. The Morgan fingerprint density at radius 1 is 1.31 bits per heavy atom. The summed E-state index contributed by atoms with van der Waals surface area (Å²) in [5.41, 5.74) is 4.33. The highest BCUT2D eigenvalue weighted by Gasteiger charge is 2.28. The molecule has 1 fully saturated rings. The molecule has 5 N–H and O–H groups in total. The van der Waals surface area contributed by atoms with E-state index >= 15 is 0 Å². The van der Waals surface area contributed by atoms with Gasteiger partial charge in [-0.15, -0.1) is 0 Å². The van der Waals surface area contributed by atoms with Crippen molar-refractivity contribution in [1.82, 2.24) is 14.6 Å². The molecule has 1 saturated heterocycles. The maximum atomic E-state index is 14.1. The Morgan fingerprint density at radius 3 is 2.63 bits per heavy atom. The summed E-state index contributed by atoms with van der Waals surface area (Å²) in [5, 5.41) is 14.6. The molecule has 2 unspecified atom stereocenters. The molecule has 0 spiro atoms. The molecular weight excluding hydrogens is 511 g/mol. The van der Waals surface area contributed by atoms with Gasteiger partial charge in [-0.1, -0.05) is 18.5 Å². The minimum Gasteiger partial charge on any atom is -0.471 e. The van der Waals surface area contributed by atoms with Crippen LogP contribution in [0.4, 0.5) is 23.0 Å². The first-order valence-corrected chi connectivity index (χ1v) is 12.0. The standard InChI is InChI=1S/C21H25ClF3N5O4S/c1-2-10(31)7-14(30-5-3-4-6-30)27-21(33)28-20-15(18(26)32)19(29-35-20)34-9-11-13(23)8-12(22)17(25)16(11)24/h8,10,14,31H,2-7,9H2,1H3,(H2,26,32)(H2,27,28,33). The first kappa shape index (κ1) is 27.0. The third-order valence-corrected chi connectivity index (χ3v) is 6.56. The van der Waals surface area contributed by atoms with E-state index < -0.39 is 58.9 Å². The fourth-order valence-electron chi connectivity index (χ4n) is 3.62. The number of ether oxygens (including phenoxy) is 1. The van der Waals surface area contributed by atoms with Crippen molar-refractivity contribution in [2.24, 2.45) is 5.73 Å². The zero-order valence-corrected chi connectivity index (χ0v) is 20.3. The zero-order valence-electron chi connectivity index (χ0n) is 18.7. The number of carbonyl (C=O) groups excluding carboxylic acids is 2. The number of nitrogens with two attached hydrogens (primary N) is 1. The van der Waals surface area contributed by atoms with Crippen molar-refractivity contribution in [2.45, 2.75) is 51.5 Å². The highest BCUT2D eigenvalue weighted by Crippen LogP contribution is 2.32. The molecule has 3 rings (SSSR count). The van der Waals surface area contributed by atoms with E-state index in [9.17, 15) is 27.9 Å². The predicted octanol–water partition coefficient (Wildman–Crippen LogP) is 3.60. The number of anilines is 1. The zero-order chi connectivity index (χ0) is 25.7. The van der Waals surface area contributed by atoms with Crippen molar-refractivity contribution in [2.75, 3.05) is 18.4 Å². The fraction of sp³-hybridized carbons (Fsp3) is 0.476. The lowest BCUT2D eigenvalue weighted by molar-refractivity contribution is 0.0993. The van der Waals surface area contributed by atoms with Gasteiger partial charge in [0.1, 0.15) is 23.0 Å². The van der Waals surface area contributed by atoms with Crippen LogP contribution in [0.1, 0.15) is 48.5 Å². The second-order valence-corrected chi connectivity index (χ2v) is 9.13. The number of halogens is 4. The number of likely N-dealkylation sites (tertiary alicyclic amines) is 1. The van der Waals surface area contributed by atoms with Crippen molar-refractivity contribution in [3.63, 3.8) is 0 Å². The third kappa shape index (κ3) is 6.54. The molecule has 14 heteroatoms. The van der Waals surface area contributed by atoms with Gasteiger partial charge in [-0.3, -0.25) is 15.0 Å².